The molecule has 0 saturated carbocycles. The Kier molecular flexibility index (Phi) is 6.82. The monoisotopic (exact) mass is 379 g/mol. The molecule has 0 amide bonds. The average molecular weight is 379 g/mol. The van der Waals surface area contributed by atoms with Crippen LogP contribution in [0.5, 0.6) is 5.75 Å². The SMILES string of the molecule is COCCCNc1ccc(NS(=O)(=O)c2cc(C)c(C)cc2OC)nc1. The van der Waals surface area contributed by atoms with E-state index in [0.29, 0.717) is 12.4 Å². The van der Waals surface area contributed by atoms with Gasteiger partial charge in [0.2, 0.25) is 0 Å². The van der Waals surface area contributed by atoms with Gasteiger partial charge in [-0.05, 0) is 55.7 Å². The van der Waals surface area contributed by atoms with E-state index in [-0.39, 0.29) is 10.7 Å². The minimum Gasteiger partial charge on any atom is -0.495 e. The van der Waals surface area contributed by atoms with E-state index in [1.54, 1.807) is 37.6 Å². The number of sulfonamides is 1. The predicted molar refractivity (Wildman–Crippen MR) is 102 cm³/mol. The van der Waals surface area contributed by atoms with Crippen molar-refractivity contribution in [3.05, 3.63) is 41.6 Å². The molecule has 8 heteroatoms. The van der Waals surface area contributed by atoms with Gasteiger partial charge in [0.05, 0.1) is 19.0 Å². The van der Waals surface area contributed by atoms with Crippen LogP contribution in [0.15, 0.2) is 35.4 Å². The van der Waals surface area contributed by atoms with Crippen molar-refractivity contribution in [2.24, 2.45) is 0 Å². The molecule has 0 unspecified atom stereocenters. The Hall–Kier alpha value is -2.32. The third-order valence-electron chi connectivity index (χ3n) is 3.93. The highest BCUT2D eigenvalue weighted by molar-refractivity contribution is 7.92. The van der Waals surface area contributed by atoms with Crippen LogP contribution in [0.25, 0.3) is 0 Å². The second kappa shape index (κ2) is 8.86. The lowest BCUT2D eigenvalue weighted by Crippen LogP contribution is -2.15. The molecule has 0 fully saturated rings. The van der Waals surface area contributed by atoms with Crippen molar-refractivity contribution >= 4 is 21.5 Å². The van der Waals surface area contributed by atoms with Gasteiger partial charge in [0.25, 0.3) is 10.0 Å². The summed E-state index contributed by atoms with van der Waals surface area (Å²) in [6.45, 7) is 5.19. The Morgan fingerprint density at radius 3 is 2.46 bits per heavy atom. The fourth-order valence-electron chi connectivity index (χ4n) is 2.33. The Bertz CT molecular complexity index is 836. The van der Waals surface area contributed by atoms with Gasteiger partial charge in [0.1, 0.15) is 16.5 Å². The Balaban J connectivity index is 2.13. The molecule has 26 heavy (non-hydrogen) atoms. The van der Waals surface area contributed by atoms with Crippen LogP contribution in [0.2, 0.25) is 0 Å². The number of rotatable bonds is 9. The highest BCUT2D eigenvalue weighted by Gasteiger charge is 2.21. The molecule has 142 valence electrons. The quantitative estimate of drug-likeness (QED) is 0.651. The van der Waals surface area contributed by atoms with E-state index in [1.165, 1.54) is 7.11 Å². The predicted octanol–water partition coefficient (Wildman–Crippen LogP) is 2.96. The second-order valence-electron chi connectivity index (χ2n) is 5.90. The molecule has 1 aromatic carbocycles. The molecule has 2 rings (SSSR count). The molecule has 0 radical (unpaired) electrons. The number of hydrogen-bond donors (Lipinski definition) is 2. The lowest BCUT2D eigenvalue weighted by Gasteiger charge is -2.14. The van der Waals surface area contributed by atoms with Crippen LogP contribution in [0, 0.1) is 13.8 Å². The van der Waals surface area contributed by atoms with Gasteiger partial charge >= 0.3 is 0 Å². The summed E-state index contributed by atoms with van der Waals surface area (Å²) in [6.07, 6.45) is 2.46. The zero-order valence-electron chi connectivity index (χ0n) is 15.5. The average Bonchev–Trinajstić information content (AvgIpc) is 2.61. The third-order valence-corrected chi connectivity index (χ3v) is 5.30. The van der Waals surface area contributed by atoms with Crippen LogP contribution in [-0.2, 0) is 14.8 Å². The number of nitrogens with zero attached hydrogens (tertiary/aromatic N) is 1. The van der Waals surface area contributed by atoms with Crippen LogP contribution in [-0.4, -0.2) is 40.8 Å². The van der Waals surface area contributed by atoms with Crippen LogP contribution in [0.3, 0.4) is 0 Å². The number of benzene rings is 1. The van der Waals surface area contributed by atoms with Crippen LogP contribution in [0.1, 0.15) is 17.5 Å². The van der Waals surface area contributed by atoms with Gasteiger partial charge < -0.3 is 14.8 Å². The fourth-order valence-corrected chi connectivity index (χ4v) is 3.58. The summed E-state index contributed by atoms with van der Waals surface area (Å²) in [4.78, 5) is 4.25. The Morgan fingerprint density at radius 2 is 1.85 bits per heavy atom. The highest BCUT2D eigenvalue weighted by atomic mass is 32.2. The summed E-state index contributed by atoms with van der Waals surface area (Å²) < 4.78 is 38.1. The van der Waals surface area contributed by atoms with E-state index in [1.807, 2.05) is 13.8 Å². The van der Waals surface area contributed by atoms with Crippen LogP contribution in [0.4, 0.5) is 11.5 Å². The molecule has 2 aromatic rings. The van der Waals surface area contributed by atoms with Gasteiger partial charge in [-0.1, -0.05) is 0 Å². The van der Waals surface area contributed by atoms with Crippen molar-refractivity contribution in [1.29, 1.82) is 0 Å². The van der Waals surface area contributed by atoms with Crippen molar-refractivity contribution in [1.82, 2.24) is 4.98 Å². The molecular formula is C18H25N3O4S. The maximum Gasteiger partial charge on any atom is 0.266 e. The normalized spacial score (nSPS) is 11.2. The van der Waals surface area contributed by atoms with E-state index in [2.05, 4.69) is 15.0 Å². The summed E-state index contributed by atoms with van der Waals surface area (Å²) in [5.41, 5.74) is 2.64. The van der Waals surface area contributed by atoms with Gasteiger partial charge in [-0.15, -0.1) is 0 Å². The Morgan fingerprint density at radius 1 is 1.12 bits per heavy atom. The number of ether oxygens (including phenoxy) is 2. The number of anilines is 2. The summed E-state index contributed by atoms with van der Waals surface area (Å²) in [6, 6.07) is 6.70. The Labute approximate surface area is 154 Å². The molecule has 1 aromatic heterocycles. The van der Waals surface area contributed by atoms with E-state index >= 15 is 0 Å². The van der Waals surface area contributed by atoms with Crippen molar-refractivity contribution in [2.45, 2.75) is 25.2 Å². The summed E-state index contributed by atoms with van der Waals surface area (Å²) in [5.74, 6) is 0.546. The smallest absolute Gasteiger partial charge is 0.266 e. The number of aromatic nitrogens is 1. The largest absolute Gasteiger partial charge is 0.495 e. The molecule has 0 aliphatic carbocycles. The van der Waals surface area contributed by atoms with Gasteiger partial charge in [-0.2, -0.15) is 0 Å². The van der Waals surface area contributed by atoms with E-state index in [4.69, 9.17) is 9.47 Å². The maximum absolute atomic E-state index is 12.7. The van der Waals surface area contributed by atoms with Crippen molar-refractivity contribution in [2.75, 3.05) is 37.4 Å². The summed E-state index contributed by atoms with van der Waals surface area (Å²) in [5, 5.41) is 3.19. The molecule has 2 N–H and O–H groups in total. The van der Waals surface area contributed by atoms with Gasteiger partial charge in [-0.3, -0.25) is 4.72 Å². The number of methoxy groups -OCH3 is 2. The lowest BCUT2D eigenvalue weighted by atomic mass is 10.1. The molecule has 0 atom stereocenters. The van der Waals surface area contributed by atoms with E-state index in [0.717, 1.165) is 29.8 Å². The summed E-state index contributed by atoms with van der Waals surface area (Å²) in [7, 11) is -0.697. The lowest BCUT2D eigenvalue weighted by molar-refractivity contribution is 0.198. The first-order valence-electron chi connectivity index (χ1n) is 8.24. The van der Waals surface area contributed by atoms with Gasteiger partial charge in [0, 0.05) is 20.3 Å². The molecule has 7 nitrogen and oxygen atoms in total. The summed E-state index contributed by atoms with van der Waals surface area (Å²) >= 11 is 0. The van der Waals surface area contributed by atoms with Gasteiger partial charge in [0.15, 0.2) is 0 Å². The standard InChI is InChI=1S/C18H25N3O4S/c1-13-10-16(25-4)17(11-14(13)2)26(22,23)21-18-7-6-15(12-20-18)19-8-5-9-24-3/h6-7,10-12,19H,5,8-9H2,1-4H3,(H,20,21). The first-order valence-corrected chi connectivity index (χ1v) is 9.72. The second-order valence-corrected chi connectivity index (χ2v) is 7.55. The zero-order valence-corrected chi connectivity index (χ0v) is 16.3. The van der Waals surface area contributed by atoms with Crippen molar-refractivity contribution < 1.29 is 17.9 Å². The molecule has 0 bridgehead atoms. The number of aryl methyl sites for hydroxylation is 2. The zero-order chi connectivity index (χ0) is 19.2. The fraction of sp³-hybridized carbons (Fsp3) is 0.389. The van der Waals surface area contributed by atoms with E-state index in [9.17, 15) is 8.42 Å². The number of nitrogens with one attached hydrogen (secondary N) is 2. The first kappa shape index (κ1) is 20.0. The van der Waals surface area contributed by atoms with Crippen LogP contribution < -0.4 is 14.8 Å². The molecule has 1 heterocycles. The van der Waals surface area contributed by atoms with Crippen molar-refractivity contribution in [3.63, 3.8) is 0 Å². The topological polar surface area (TPSA) is 89.6 Å². The minimum atomic E-state index is -3.81. The molecule has 0 aliphatic heterocycles. The number of hydrogen-bond acceptors (Lipinski definition) is 6. The van der Waals surface area contributed by atoms with Crippen molar-refractivity contribution in [3.8, 4) is 5.75 Å². The maximum atomic E-state index is 12.7. The highest BCUT2D eigenvalue weighted by Crippen LogP contribution is 2.28. The first-order chi connectivity index (χ1) is 12.4. The van der Waals surface area contributed by atoms with Gasteiger partial charge in [-0.25, -0.2) is 13.4 Å². The van der Waals surface area contributed by atoms with Crippen LogP contribution >= 0.6 is 0 Å². The molecule has 0 spiro atoms. The molecular weight excluding hydrogens is 354 g/mol. The molecule has 0 saturated heterocycles. The number of pyridine rings is 1. The third kappa shape index (κ3) is 5.09. The van der Waals surface area contributed by atoms with E-state index < -0.39 is 10.0 Å². The minimum absolute atomic E-state index is 0.0895. The molecule has 0 aliphatic rings.